The molecule has 4 heteroatoms. The highest BCUT2D eigenvalue weighted by molar-refractivity contribution is 7.25. The van der Waals surface area contributed by atoms with E-state index in [-0.39, 0.29) is 0 Å². The Bertz CT molecular complexity index is 3790. The molecule has 13 rings (SSSR count). The second-order valence-corrected chi connectivity index (χ2v) is 21.7. The molecule has 0 saturated carbocycles. The Kier molecular flexibility index (Phi) is 8.45. The number of nitrogens with zero attached hydrogens (tertiary/aromatic N) is 2. The molecule has 3 aromatic heterocycles. The fourth-order valence-corrected chi connectivity index (χ4v) is 16.5. The third kappa shape index (κ3) is 5.50. The molecule has 10 aromatic carbocycles. The largest absolute Gasteiger partial charge is 0.307 e. The van der Waals surface area contributed by atoms with Crippen LogP contribution in [0.5, 0.6) is 0 Å². The van der Waals surface area contributed by atoms with Crippen LogP contribution in [0.15, 0.2) is 243 Å². The lowest BCUT2D eigenvalue weighted by Crippen LogP contribution is -2.74. The SMILES string of the molecule is c1ccc([Si](c2ccccc2)(c2ccccc2)c2ccc(-n3c4ccccc4c4cccc(-n5c6ccccc6c6cc(-c7ccc8sc9ccccc9c8c7)ccc65)c43)cc2)cc1. The lowest BCUT2D eigenvalue weighted by atomic mass is 10.0. The molecule has 0 amide bonds. The predicted molar refractivity (Wildman–Crippen MR) is 277 cm³/mol. The molecule has 0 atom stereocenters. The normalized spacial score (nSPS) is 12.1. The van der Waals surface area contributed by atoms with Gasteiger partial charge in [-0.1, -0.05) is 182 Å². The summed E-state index contributed by atoms with van der Waals surface area (Å²) in [5, 5.41) is 13.1. The Morgan fingerprint density at radius 3 is 1.42 bits per heavy atom. The van der Waals surface area contributed by atoms with Crippen LogP contribution in [0.2, 0.25) is 0 Å². The minimum atomic E-state index is -2.70. The highest BCUT2D eigenvalue weighted by Gasteiger charge is 2.41. The van der Waals surface area contributed by atoms with E-state index >= 15 is 0 Å². The lowest BCUT2D eigenvalue weighted by Gasteiger charge is -2.34. The van der Waals surface area contributed by atoms with Gasteiger partial charge in [-0.25, -0.2) is 0 Å². The van der Waals surface area contributed by atoms with E-state index in [4.69, 9.17) is 0 Å². The van der Waals surface area contributed by atoms with Gasteiger partial charge in [0.25, 0.3) is 0 Å². The molecule has 3 heterocycles. The van der Waals surface area contributed by atoms with E-state index in [1.54, 1.807) is 0 Å². The number of hydrogen-bond acceptors (Lipinski definition) is 1. The Labute approximate surface area is 376 Å². The zero-order valence-corrected chi connectivity index (χ0v) is 36.7. The maximum absolute atomic E-state index is 2.70. The van der Waals surface area contributed by atoms with Gasteiger partial charge in [0.15, 0.2) is 8.07 Å². The van der Waals surface area contributed by atoms with Crippen molar-refractivity contribution in [2.45, 2.75) is 0 Å². The van der Waals surface area contributed by atoms with Gasteiger partial charge in [0.1, 0.15) is 0 Å². The summed E-state index contributed by atoms with van der Waals surface area (Å²) in [7, 11) is -2.70. The zero-order chi connectivity index (χ0) is 42.2. The molecule has 0 aliphatic carbocycles. The van der Waals surface area contributed by atoms with Gasteiger partial charge >= 0.3 is 0 Å². The van der Waals surface area contributed by atoms with Crippen LogP contribution in [0, 0.1) is 0 Å². The molecule has 0 N–H and O–H groups in total. The summed E-state index contributed by atoms with van der Waals surface area (Å²) >= 11 is 1.87. The third-order valence-electron chi connectivity index (χ3n) is 13.5. The van der Waals surface area contributed by atoms with Crippen molar-refractivity contribution in [3.8, 4) is 22.5 Å². The average Bonchev–Trinajstić information content (AvgIpc) is 4.03. The molecule has 0 aliphatic rings. The monoisotopic (exact) mass is 848 g/mol. The second kappa shape index (κ2) is 14.7. The number of aromatic nitrogens is 2. The average molecular weight is 849 g/mol. The minimum Gasteiger partial charge on any atom is -0.307 e. The molecule has 0 unspecified atom stereocenters. The van der Waals surface area contributed by atoms with Gasteiger partial charge in [0.2, 0.25) is 0 Å². The second-order valence-electron chi connectivity index (χ2n) is 16.8. The molecule has 0 spiro atoms. The van der Waals surface area contributed by atoms with Crippen LogP contribution in [0.4, 0.5) is 0 Å². The third-order valence-corrected chi connectivity index (χ3v) is 19.4. The summed E-state index contributed by atoms with van der Waals surface area (Å²) in [4.78, 5) is 0. The van der Waals surface area contributed by atoms with Gasteiger partial charge in [-0.15, -0.1) is 11.3 Å². The van der Waals surface area contributed by atoms with Gasteiger partial charge < -0.3 is 9.13 Å². The molecule has 13 aromatic rings. The van der Waals surface area contributed by atoms with Crippen LogP contribution in [0.1, 0.15) is 0 Å². The first-order chi connectivity index (χ1) is 31.8. The van der Waals surface area contributed by atoms with E-state index in [2.05, 4.69) is 252 Å². The first-order valence-corrected chi connectivity index (χ1v) is 24.8. The first kappa shape index (κ1) is 36.9. The Balaban J connectivity index is 1.02. The van der Waals surface area contributed by atoms with Gasteiger partial charge in [-0.3, -0.25) is 0 Å². The van der Waals surface area contributed by atoms with E-state index in [1.165, 1.54) is 95.7 Å². The molecule has 300 valence electrons. The molecular weight excluding hydrogens is 809 g/mol. The van der Waals surface area contributed by atoms with E-state index in [0.29, 0.717) is 0 Å². The molecule has 0 bridgehead atoms. The van der Waals surface area contributed by atoms with E-state index in [0.717, 1.165) is 11.4 Å². The summed E-state index contributed by atoms with van der Waals surface area (Å²) in [5.41, 5.74) is 9.52. The first-order valence-electron chi connectivity index (χ1n) is 22.0. The summed E-state index contributed by atoms with van der Waals surface area (Å²) in [6.45, 7) is 0. The Morgan fingerprint density at radius 1 is 0.297 bits per heavy atom. The standard InChI is InChI=1S/C60H40N2SSi/c1-4-17-44(18-5-1)64(45-19-6-2-7-20-45,46-21-8-3-9-22-46)47-35-33-43(34-36-47)61-54-27-13-10-23-48(54)51-26-16-29-57(60(51)61)62-55-28-14-11-24-49(55)52-39-41(31-37-56(52)62)42-32-38-59-53(40-42)50-25-12-15-30-58(50)63-59/h1-40H. The maximum atomic E-state index is 2.50. The molecular formula is C60H40N2SSi. The van der Waals surface area contributed by atoms with Gasteiger partial charge in [0, 0.05) is 47.4 Å². The summed E-state index contributed by atoms with van der Waals surface area (Å²) in [6, 6.07) is 90.5. The summed E-state index contributed by atoms with van der Waals surface area (Å²) in [5.74, 6) is 0. The Morgan fingerprint density at radius 2 is 0.766 bits per heavy atom. The molecule has 0 fully saturated rings. The van der Waals surface area contributed by atoms with Gasteiger partial charge in [-0.2, -0.15) is 0 Å². The summed E-state index contributed by atoms with van der Waals surface area (Å²) < 4.78 is 7.65. The van der Waals surface area contributed by atoms with E-state index < -0.39 is 8.07 Å². The molecule has 0 aliphatic heterocycles. The predicted octanol–water partition coefficient (Wildman–Crippen LogP) is 13.3. The van der Waals surface area contributed by atoms with Crippen LogP contribution >= 0.6 is 11.3 Å². The number of benzene rings is 10. The van der Waals surface area contributed by atoms with Crippen molar-refractivity contribution in [3.63, 3.8) is 0 Å². The van der Waals surface area contributed by atoms with Crippen LogP contribution < -0.4 is 20.7 Å². The van der Waals surface area contributed by atoms with Crippen molar-refractivity contribution in [3.05, 3.63) is 243 Å². The van der Waals surface area contributed by atoms with Crippen molar-refractivity contribution in [2.24, 2.45) is 0 Å². The number of para-hydroxylation sites is 3. The van der Waals surface area contributed by atoms with Crippen LogP contribution in [0.25, 0.3) is 86.3 Å². The molecule has 2 nitrogen and oxygen atoms in total. The number of hydrogen-bond donors (Lipinski definition) is 0. The number of rotatable bonds is 7. The van der Waals surface area contributed by atoms with E-state index in [1.807, 2.05) is 11.3 Å². The van der Waals surface area contributed by atoms with Crippen molar-refractivity contribution >= 4 is 104 Å². The molecule has 0 saturated heterocycles. The topological polar surface area (TPSA) is 9.86 Å². The maximum Gasteiger partial charge on any atom is 0.179 e. The van der Waals surface area contributed by atoms with Gasteiger partial charge in [0.05, 0.1) is 27.8 Å². The zero-order valence-electron chi connectivity index (χ0n) is 34.9. The van der Waals surface area contributed by atoms with Crippen molar-refractivity contribution in [2.75, 3.05) is 0 Å². The minimum absolute atomic E-state index is 1.14. The van der Waals surface area contributed by atoms with Crippen LogP contribution in [0.3, 0.4) is 0 Å². The highest BCUT2D eigenvalue weighted by atomic mass is 32.1. The number of thiophene rings is 1. The van der Waals surface area contributed by atoms with Crippen molar-refractivity contribution in [1.82, 2.24) is 9.13 Å². The fourth-order valence-electron chi connectivity index (χ4n) is 10.7. The smallest absolute Gasteiger partial charge is 0.179 e. The van der Waals surface area contributed by atoms with Crippen molar-refractivity contribution in [1.29, 1.82) is 0 Å². The van der Waals surface area contributed by atoms with Crippen LogP contribution in [-0.4, -0.2) is 17.2 Å². The fraction of sp³-hybridized carbons (Fsp3) is 0. The van der Waals surface area contributed by atoms with E-state index in [9.17, 15) is 0 Å². The van der Waals surface area contributed by atoms with Crippen molar-refractivity contribution < 1.29 is 0 Å². The van der Waals surface area contributed by atoms with Crippen LogP contribution in [-0.2, 0) is 0 Å². The van der Waals surface area contributed by atoms with Gasteiger partial charge in [-0.05, 0) is 92.5 Å². The lowest BCUT2D eigenvalue weighted by molar-refractivity contribution is 1.13. The quantitative estimate of drug-likeness (QED) is 0.112. The highest BCUT2D eigenvalue weighted by Crippen LogP contribution is 2.42. The Hall–Kier alpha value is -7.76. The summed E-state index contributed by atoms with van der Waals surface area (Å²) in [6.07, 6.45) is 0. The molecule has 0 radical (unpaired) electrons. The molecule has 64 heavy (non-hydrogen) atoms. The number of fused-ring (bicyclic) bond motifs is 9.